The van der Waals surface area contributed by atoms with Crippen molar-refractivity contribution in [3.8, 4) is 0 Å². The molecule has 2 aromatic rings. The molecule has 0 spiro atoms. The largest absolute Gasteiger partial charge is 0.460 e. The lowest BCUT2D eigenvalue weighted by Gasteiger charge is -2.28. The van der Waals surface area contributed by atoms with E-state index in [1.807, 2.05) is 53.7 Å². The first-order valence-electron chi connectivity index (χ1n) is 11.7. The van der Waals surface area contributed by atoms with E-state index in [0.717, 1.165) is 29.7 Å². The van der Waals surface area contributed by atoms with E-state index in [1.165, 1.54) is 0 Å². The second kappa shape index (κ2) is 9.98. The Bertz CT molecular complexity index is 941. The minimum absolute atomic E-state index is 0.0173. The van der Waals surface area contributed by atoms with Crippen molar-refractivity contribution < 1.29 is 19.1 Å². The molecule has 0 bridgehead atoms. The number of nitrogens with one attached hydrogen (secondary N) is 1. The Hall–Kier alpha value is -2.83. The quantitative estimate of drug-likeness (QED) is 0.635. The maximum absolute atomic E-state index is 13.2. The molecular weight excluding hydrogens is 418 g/mol. The van der Waals surface area contributed by atoms with Crippen LogP contribution in [0.1, 0.15) is 64.8 Å². The second-order valence-corrected chi connectivity index (χ2v) is 10.9. The average molecular weight is 456 g/mol. The van der Waals surface area contributed by atoms with E-state index < -0.39 is 11.2 Å². The first-order valence-corrected chi connectivity index (χ1v) is 11.7. The molecule has 1 fully saturated rings. The number of hydrogen-bond donors (Lipinski definition) is 1. The van der Waals surface area contributed by atoms with Crippen LogP contribution in [0.3, 0.4) is 0 Å². The van der Waals surface area contributed by atoms with Crippen LogP contribution in [0.15, 0.2) is 36.5 Å². The lowest BCUT2D eigenvalue weighted by molar-refractivity contribution is -0.161. The maximum atomic E-state index is 13.2. The molecule has 3 rings (SSSR count). The number of aromatic nitrogens is 2. The zero-order valence-corrected chi connectivity index (χ0v) is 20.7. The van der Waals surface area contributed by atoms with Gasteiger partial charge in [0.15, 0.2) is 0 Å². The van der Waals surface area contributed by atoms with Crippen LogP contribution in [0.4, 0.5) is 4.79 Å². The fourth-order valence-electron chi connectivity index (χ4n) is 4.15. The van der Waals surface area contributed by atoms with E-state index in [9.17, 15) is 9.59 Å². The number of esters is 1. The standard InChI is InChI=1S/C26H37N3O4/c1-25(2,3)32-23(30)22(20-11-13-29(17-20)24(31)33-26(4,5)6)16-19-9-7-8-18(14-19)15-21-10-12-27-28-21/h7-10,12,14,20,22H,11,13,15-17H2,1-6H3,(H,27,28)/t20-,22-/m0/s1. The second-order valence-electron chi connectivity index (χ2n) is 10.9. The molecule has 1 saturated heterocycles. The van der Waals surface area contributed by atoms with Gasteiger partial charge < -0.3 is 14.4 Å². The van der Waals surface area contributed by atoms with E-state index in [4.69, 9.17) is 9.47 Å². The topological polar surface area (TPSA) is 84.5 Å². The molecule has 1 aromatic heterocycles. The van der Waals surface area contributed by atoms with Crippen LogP contribution in [0.2, 0.25) is 0 Å². The lowest BCUT2D eigenvalue weighted by Crippen LogP contribution is -2.38. The molecule has 1 N–H and O–H groups in total. The van der Waals surface area contributed by atoms with Crippen LogP contribution in [0.25, 0.3) is 0 Å². The Balaban J connectivity index is 1.75. The number of ether oxygens (including phenoxy) is 2. The van der Waals surface area contributed by atoms with Crippen molar-refractivity contribution in [1.82, 2.24) is 15.1 Å². The third-order valence-corrected chi connectivity index (χ3v) is 5.55. The number of rotatable bonds is 6. The number of benzene rings is 1. The van der Waals surface area contributed by atoms with Gasteiger partial charge in [-0.2, -0.15) is 5.10 Å². The predicted molar refractivity (Wildman–Crippen MR) is 127 cm³/mol. The molecule has 2 heterocycles. The summed E-state index contributed by atoms with van der Waals surface area (Å²) in [4.78, 5) is 27.5. The molecular formula is C26H37N3O4. The highest BCUT2D eigenvalue weighted by atomic mass is 16.6. The highest BCUT2D eigenvalue weighted by Gasteiger charge is 2.39. The predicted octanol–water partition coefficient (Wildman–Crippen LogP) is 4.76. The van der Waals surface area contributed by atoms with Crippen molar-refractivity contribution in [2.45, 2.75) is 72.0 Å². The SMILES string of the molecule is CC(C)(C)OC(=O)[C@@H](Cc1cccc(Cc2ccn[nH]2)c1)[C@H]1CCN(C(=O)OC(C)(C)C)C1. The van der Waals surface area contributed by atoms with Gasteiger partial charge in [-0.15, -0.1) is 0 Å². The molecule has 0 aliphatic carbocycles. The van der Waals surface area contributed by atoms with Crippen LogP contribution in [0.5, 0.6) is 0 Å². The number of likely N-dealkylation sites (tertiary alicyclic amines) is 1. The van der Waals surface area contributed by atoms with Gasteiger partial charge >= 0.3 is 12.1 Å². The van der Waals surface area contributed by atoms with E-state index in [-0.39, 0.29) is 23.9 Å². The number of carbonyl (C=O) groups excluding carboxylic acids is 2. The van der Waals surface area contributed by atoms with Crippen molar-refractivity contribution in [3.63, 3.8) is 0 Å². The smallest absolute Gasteiger partial charge is 0.410 e. The van der Waals surface area contributed by atoms with Gasteiger partial charge in [0.05, 0.1) is 5.92 Å². The number of carbonyl (C=O) groups is 2. The fraction of sp³-hybridized carbons (Fsp3) is 0.577. The van der Waals surface area contributed by atoms with Gasteiger partial charge in [-0.25, -0.2) is 4.79 Å². The highest BCUT2D eigenvalue weighted by Crippen LogP contribution is 2.31. The minimum Gasteiger partial charge on any atom is -0.460 e. The molecule has 33 heavy (non-hydrogen) atoms. The zero-order valence-electron chi connectivity index (χ0n) is 20.7. The average Bonchev–Trinajstić information content (AvgIpc) is 3.35. The summed E-state index contributed by atoms with van der Waals surface area (Å²) in [5.74, 6) is -0.528. The van der Waals surface area contributed by atoms with Crippen LogP contribution >= 0.6 is 0 Å². The number of nitrogens with zero attached hydrogens (tertiary/aromatic N) is 2. The van der Waals surface area contributed by atoms with Crippen molar-refractivity contribution in [2.75, 3.05) is 13.1 Å². The molecule has 1 aliphatic heterocycles. The van der Waals surface area contributed by atoms with Gasteiger partial charge in [-0.1, -0.05) is 24.3 Å². The lowest BCUT2D eigenvalue weighted by atomic mass is 9.85. The van der Waals surface area contributed by atoms with E-state index >= 15 is 0 Å². The molecule has 1 amide bonds. The Morgan fingerprint density at radius 1 is 1.09 bits per heavy atom. The summed E-state index contributed by atoms with van der Waals surface area (Å²) >= 11 is 0. The molecule has 7 heteroatoms. The highest BCUT2D eigenvalue weighted by molar-refractivity contribution is 5.74. The molecule has 1 aromatic carbocycles. The molecule has 0 saturated carbocycles. The Labute approximate surface area is 196 Å². The number of hydrogen-bond acceptors (Lipinski definition) is 5. The molecule has 7 nitrogen and oxygen atoms in total. The van der Waals surface area contributed by atoms with Crippen LogP contribution < -0.4 is 0 Å². The van der Waals surface area contributed by atoms with Crippen LogP contribution in [-0.2, 0) is 27.1 Å². The van der Waals surface area contributed by atoms with Gasteiger partial charge in [0, 0.05) is 31.4 Å². The molecule has 0 unspecified atom stereocenters. The van der Waals surface area contributed by atoms with Gasteiger partial charge in [0.2, 0.25) is 0 Å². The fourth-order valence-corrected chi connectivity index (χ4v) is 4.15. The summed E-state index contributed by atoms with van der Waals surface area (Å²) in [7, 11) is 0. The number of aromatic amines is 1. The summed E-state index contributed by atoms with van der Waals surface area (Å²) in [6, 6.07) is 10.2. The molecule has 2 atom stereocenters. The van der Waals surface area contributed by atoms with Gasteiger partial charge in [-0.05, 0) is 77.5 Å². The first-order chi connectivity index (χ1) is 15.4. The third kappa shape index (κ3) is 7.62. The van der Waals surface area contributed by atoms with Gasteiger partial charge in [-0.3, -0.25) is 9.89 Å². The maximum Gasteiger partial charge on any atom is 0.410 e. The Kier molecular flexibility index (Phi) is 7.50. The Morgan fingerprint density at radius 3 is 2.42 bits per heavy atom. The third-order valence-electron chi connectivity index (χ3n) is 5.55. The normalized spacial score (nSPS) is 17.6. The van der Waals surface area contributed by atoms with Crippen LogP contribution in [0, 0.1) is 11.8 Å². The van der Waals surface area contributed by atoms with Crippen molar-refractivity contribution in [3.05, 3.63) is 53.3 Å². The monoisotopic (exact) mass is 455 g/mol. The van der Waals surface area contributed by atoms with E-state index in [0.29, 0.717) is 19.5 Å². The van der Waals surface area contributed by atoms with Gasteiger partial charge in [0.1, 0.15) is 11.2 Å². The van der Waals surface area contributed by atoms with Crippen LogP contribution in [-0.4, -0.2) is 51.5 Å². The zero-order chi connectivity index (χ0) is 24.2. The molecule has 180 valence electrons. The van der Waals surface area contributed by atoms with Crippen molar-refractivity contribution in [2.24, 2.45) is 11.8 Å². The summed E-state index contributed by atoms with van der Waals surface area (Å²) in [5, 5.41) is 7.01. The molecule has 1 aliphatic rings. The Morgan fingerprint density at radius 2 is 1.79 bits per heavy atom. The van der Waals surface area contributed by atoms with Gasteiger partial charge in [0.25, 0.3) is 0 Å². The first kappa shape index (κ1) is 24.8. The summed E-state index contributed by atoms with van der Waals surface area (Å²) in [5.41, 5.74) is 2.16. The van der Waals surface area contributed by atoms with Crippen molar-refractivity contribution >= 4 is 12.1 Å². The van der Waals surface area contributed by atoms with E-state index in [1.54, 1.807) is 11.1 Å². The summed E-state index contributed by atoms with van der Waals surface area (Å²) < 4.78 is 11.3. The van der Waals surface area contributed by atoms with E-state index in [2.05, 4.69) is 28.4 Å². The molecule has 0 radical (unpaired) electrons. The van der Waals surface area contributed by atoms with Crippen molar-refractivity contribution in [1.29, 1.82) is 0 Å². The number of amides is 1. The summed E-state index contributed by atoms with van der Waals surface area (Å²) in [6.07, 6.45) is 3.49. The minimum atomic E-state index is -0.568. The summed E-state index contributed by atoms with van der Waals surface area (Å²) in [6.45, 7) is 12.3. The number of H-pyrrole nitrogens is 1.